The fraction of sp³-hybridized carbons (Fsp3) is 0.500. The maximum atomic E-state index is 12.3. The molecule has 0 fully saturated rings. The van der Waals surface area contributed by atoms with Crippen LogP contribution in [0.25, 0.3) is 0 Å². The molecule has 0 atom stereocenters. The Balaban J connectivity index is 0.00000484. The molecule has 6 nitrogen and oxygen atoms in total. The van der Waals surface area contributed by atoms with Gasteiger partial charge in [0.25, 0.3) is 5.91 Å². The Morgan fingerprint density at radius 2 is 1.91 bits per heavy atom. The molecule has 5 N–H and O–H groups in total. The van der Waals surface area contributed by atoms with Crippen LogP contribution in [0.4, 0.5) is 0 Å². The zero-order valence-corrected chi connectivity index (χ0v) is 14.4. The van der Waals surface area contributed by atoms with Crippen LogP contribution < -0.4 is 21.5 Å². The molecule has 0 aliphatic rings. The first-order chi connectivity index (χ1) is 10.5. The van der Waals surface area contributed by atoms with E-state index in [0.29, 0.717) is 31.7 Å². The highest BCUT2D eigenvalue weighted by molar-refractivity contribution is 5.85. The van der Waals surface area contributed by atoms with E-state index in [9.17, 15) is 9.59 Å². The number of halogens is 1. The second-order valence-corrected chi connectivity index (χ2v) is 5.28. The lowest BCUT2D eigenvalue weighted by molar-refractivity contribution is -0.131. The van der Waals surface area contributed by atoms with E-state index in [1.807, 2.05) is 19.9 Å². The van der Waals surface area contributed by atoms with Gasteiger partial charge in [0.05, 0.1) is 5.41 Å². The molecule has 0 saturated carbocycles. The van der Waals surface area contributed by atoms with Crippen molar-refractivity contribution >= 4 is 24.2 Å². The predicted octanol–water partition coefficient (Wildman–Crippen LogP) is 1.35. The molecule has 0 saturated heterocycles. The van der Waals surface area contributed by atoms with Crippen molar-refractivity contribution in [2.24, 2.45) is 16.9 Å². The molecule has 0 unspecified atom stereocenters. The van der Waals surface area contributed by atoms with E-state index in [1.165, 1.54) is 0 Å². The van der Waals surface area contributed by atoms with Gasteiger partial charge in [-0.05, 0) is 30.5 Å². The van der Waals surface area contributed by atoms with Gasteiger partial charge in [-0.15, -0.1) is 12.4 Å². The molecule has 0 aromatic heterocycles. The van der Waals surface area contributed by atoms with Crippen molar-refractivity contribution in [3.8, 4) is 5.75 Å². The predicted molar refractivity (Wildman–Crippen MR) is 92.3 cm³/mol. The van der Waals surface area contributed by atoms with Crippen molar-refractivity contribution in [2.75, 3.05) is 13.2 Å². The lowest BCUT2D eigenvalue weighted by Crippen LogP contribution is -2.45. The molecule has 0 heterocycles. The molecule has 7 heteroatoms. The summed E-state index contributed by atoms with van der Waals surface area (Å²) in [4.78, 5) is 23.1. The molecular formula is C16H26ClN3O3. The van der Waals surface area contributed by atoms with Crippen LogP contribution in [0, 0.1) is 5.41 Å². The van der Waals surface area contributed by atoms with Crippen molar-refractivity contribution in [2.45, 2.75) is 33.2 Å². The van der Waals surface area contributed by atoms with Crippen molar-refractivity contribution in [1.82, 2.24) is 5.32 Å². The molecule has 0 radical (unpaired) electrons. The number of benzene rings is 1. The Bertz CT molecular complexity index is 511. The summed E-state index contributed by atoms with van der Waals surface area (Å²) in [7, 11) is 0. The minimum Gasteiger partial charge on any atom is -0.484 e. The van der Waals surface area contributed by atoms with Crippen LogP contribution >= 0.6 is 12.4 Å². The number of ether oxygens (including phenoxy) is 1. The minimum absolute atomic E-state index is 0. The summed E-state index contributed by atoms with van der Waals surface area (Å²) in [5, 5.41) is 2.92. The summed E-state index contributed by atoms with van der Waals surface area (Å²) < 4.78 is 5.24. The van der Waals surface area contributed by atoms with E-state index in [4.69, 9.17) is 16.2 Å². The summed E-state index contributed by atoms with van der Waals surface area (Å²) in [6, 6.07) is 7.18. The number of carbonyl (C=O) groups excluding carboxylic acids is 2. The number of amides is 2. The van der Waals surface area contributed by atoms with Gasteiger partial charge in [-0.2, -0.15) is 0 Å². The van der Waals surface area contributed by atoms with Gasteiger partial charge in [0.2, 0.25) is 5.91 Å². The van der Waals surface area contributed by atoms with E-state index < -0.39 is 11.3 Å². The minimum atomic E-state index is -0.530. The fourth-order valence-corrected chi connectivity index (χ4v) is 2.22. The third-order valence-corrected chi connectivity index (χ3v) is 3.96. The van der Waals surface area contributed by atoms with Gasteiger partial charge in [-0.25, -0.2) is 0 Å². The number of nitrogens with two attached hydrogens (primary N) is 2. The summed E-state index contributed by atoms with van der Waals surface area (Å²) >= 11 is 0. The molecule has 130 valence electrons. The molecule has 0 aliphatic carbocycles. The van der Waals surface area contributed by atoms with Crippen molar-refractivity contribution in [3.63, 3.8) is 0 Å². The van der Waals surface area contributed by atoms with Gasteiger partial charge >= 0.3 is 0 Å². The standard InChI is InChI=1S/C16H25N3O3.ClH/c1-3-16(4-2,11-17)15(21)19-9-12-6-5-7-13(8-12)22-10-14(18)20;/h5-8H,3-4,9-11,17H2,1-2H3,(H2,18,20)(H,19,21);1H. The smallest absolute Gasteiger partial charge is 0.255 e. The molecule has 0 spiro atoms. The van der Waals surface area contributed by atoms with E-state index in [2.05, 4.69) is 5.32 Å². The molecule has 2 amide bonds. The maximum Gasteiger partial charge on any atom is 0.255 e. The van der Waals surface area contributed by atoms with E-state index in [-0.39, 0.29) is 24.9 Å². The fourth-order valence-electron chi connectivity index (χ4n) is 2.22. The average molecular weight is 344 g/mol. The van der Waals surface area contributed by atoms with Crippen molar-refractivity contribution in [1.29, 1.82) is 0 Å². The van der Waals surface area contributed by atoms with Crippen LogP contribution in [0.3, 0.4) is 0 Å². The highest BCUT2D eigenvalue weighted by Gasteiger charge is 2.32. The molecule has 23 heavy (non-hydrogen) atoms. The number of nitrogens with one attached hydrogen (secondary N) is 1. The Kier molecular flexibility index (Phi) is 9.29. The number of hydrogen-bond acceptors (Lipinski definition) is 4. The highest BCUT2D eigenvalue weighted by Crippen LogP contribution is 2.25. The first-order valence-corrected chi connectivity index (χ1v) is 7.45. The molecule has 1 rings (SSSR count). The summed E-state index contributed by atoms with van der Waals surface area (Å²) in [6.07, 6.45) is 1.40. The summed E-state index contributed by atoms with van der Waals surface area (Å²) in [6.45, 7) is 4.47. The quantitative estimate of drug-likeness (QED) is 0.629. The van der Waals surface area contributed by atoms with Crippen LogP contribution in [0.15, 0.2) is 24.3 Å². The Labute approximate surface area is 143 Å². The SMILES string of the molecule is CCC(CC)(CN)C(=O)NCc1cccc(OCC(N)=O)c1.Cl. The van der Waals surface area contributed by atoms with Crippen LogP contribution in [0.1, 0.15) is 32.3 Å². The second-order valence-electron chi connectivity index (χ2n) is 5.28. The van der Waals surface area contributed by atoms with E-state index in [0.717, 1.165) is 5.56 Å². The van der Waals surface area contributed by atoms with E-state index in [1.54, 1.807) is 18.2 Å². The molecule has 1 aromatic rings. The first-order valence-electron chi connectivity index (χ1n) is 7.45. The van der Waals surface area contributed by atoms with Crippen molar-refractivity contribution < 1.29 is 14.3 Å². The first kappa shape index (κ1) is 21.2. The van der Waals surface area contributed by atoms with Crippen LogP contribution in [-0.4, -0.2) is 25.0 Å². The normalized spacial score (nSPS) is 10.6. The zero-order valence-electron chi connectivity index (χ0n) is 13.6. The molecule has 0 bridgehead atoms. The molecular weight excluding hydrogens is 318 g/mol. The van der Waals surface area contributed by atoms with Crippen LogP contribution in [0.2, 0.25) is 0 Å². The topological polar surface area (TPSA) is 107 Å². The van der Waals surface area contributed by atoms with Gasteiger partial charge in [0.1, 0.15) is 5.75 Å². The average Bonchev–Trinajstić information content (AvgIpc) is 2.53. The Morgan fingerprint density at radius 1 is 1.26 bits per heavy atom. The van der Waals surface area contributed by atoms with Crippen LogP contribution in [0.5, 0.6) is 5.75 Å². The van der Waals surface area contributed by atoms with Gasteiger partial charge in [-0.3, -0.25) is 9.59 Å². The third kappa shape index (κ3) is 6.08. The number of carbonyl (C=O) groups is 2. The number of hydrogen-bond donors (Lipinski definition) is 3. The highest BCUT2D eigenvalue weighted by atomic mass is 35.5. The summed E-state index contributed by atoms with van der Waals surface area (Å²) in [5.41, 5.74) is 11.2. The Hall–Kier alpha value is -1.79. The Morgan fingerprint density at radius 3 is 2.43 bits per heavy atom. The van der Waals surface area contributed by atoms with Gasteiger partial charge in [-0.1, -0.05) is 26.0 Å². The molecule has 0 aliphatic heterocycles. The maximum absolute atomic E-state index is 12.3. The monoisotopic (exact) mass is 343 g/mol. The second kappa shape index (κ2) is 10.1. The zero-order chi connectivity index (χ0) is 16.6. The summed E-state index contributed by atoms with van der Waals surface area (Å²) in [5.74, 6) is -0.0256. The largest absolute Gasteiger partial charge is 0.484 e. The lowest BCUT2D eigenvalue weighted by atomic mass is 9.81. The number of primary amides is 1. The van der Waals surface area contributed by atoms with Crippen LogP contribution in [-0.2, 0) is 16.1 Å². The van der Waals surface area contributed by atoms with Gasteiger partial charge in [0, 0.05) is 13.1 Å². The third-order valence-electron chi connectivity index (χ3n) is 3.96. The van der Waals surface area contributed by atoms with Gasteiger partial charge < -0.3 is 21.5 Å². The number of rotatable bonds is 9. The lowest BCUT2D eigenvalue weighted by Gasteiger charge is -2.28. The van der Waals surface area contributed by atoms with E-state index >= 15 is 0 Å². The molecule has 1 aromatic carbocycles. The van der Waals surface area contributed by atoms with Gasteiger partial charge in [0.15, 0.2) is 6.61 Å². The van der Waals surface area contributed by atoms with Crippen molar-refractivity contribution in [3.05, 3.63) is 29.8 Å².